The zero-order chi connectivity index (χ0) is 17.6. The first-order valence-corrected chi connectivity index (χ1v) is 10.7. The van der Waals surface area contributed by atoms with Gasteiger partial charge in [-0.25, -0.2) is 0 Å². The Labute approximate surface area is 159 Å². The van der Waals surface area contributed by atoms with Crippen LogP contribution >= 0.6 is 15.9 Å². The molecule has 0 radical (unpaired) electrons. The van der Waals surface area contributed by atoms with Crippen molar-refractivity contribution in [3.8, 4) is 0 Å². The standard InChI is InChI=1S/C20H30BrN3O/c1-3-18(20-7-14-4-15(8-20)6-16(5-14)9-20)23-19(25)13(2)11-24-12-17(21)10-22-24/h10,12-16,18H,3-9,11H2,1-2H3,(H,23,25). The Morgan fingerprint density at radius 1 is 1.32 bits per heavy atom. The molecule has 4 aliphatic carbocycles. The van der Waals surface area contributed by atoms with Gasteiger partial charge in [-0.3, -0.25) is 9.48 Å². The topological polar surface area (TPSA) is 46.9 Å². The minimum absolute atomic E-state index is 0.0604. The second kappa shape index (κ2) is 6.71. The molecule has 0 aliphatic heterocycles. The van der Waals surface area contributed by atoms with E-state index in [4.69, 9.17) is 0 Å². The third-order valence-electron chi connectivity index (χ3n) is 7.06. The molecule has 5 rings (SSSR count). The first kappa shape index (κ1) is 17.6. The number of nitrogens with one attached hydrogen (secondary N) is 1. The van der Waals surface area contributed by atoms with Crippen molar-refractivity contribution in [2.75, 3.05) is 0 Å². The molecule has 4 nitrogen and oxygen atoms in total. The summed E-state index contributed by atoms with van der Waals surface area (Å²) < 4.78 is 2.81. The number of hydrogen-bond donors (Lipinski definition) is 1. The highest BCUT2D eigenvalue weighted by atomic mass is 79.9. The molecule has 2 unspecified atom stereocenters. The molecular formula is C20H30BrN3O. The average molecular weight is 408 g/mol. The Morgan fingerprint density at radius 3 is 2.40 bits per heavy atom. The van der Waals surface area contributed by atoms with Gasteiger partial charge >= 0.3 is 0 Å². The van der Waals surface area contributed by atoms with Gasteiger partial charge in [0, 0.05) is 12.2 Å². The minimum Gasteiger partial charge on any atom is -0.353 e. The summed E-state index contributed by atoms with van der Waals surface area (Å²) in [5, 5.41) is 7.74. The minimum atomic E-state index is -0.0604. The van der Waals surface area contributed by atoms with Gasteiger partial charge in [0.05, 0.1) is 23.1 Å². The molecule has 25 heavy (non-hydrogen) atoms. The van der Waals surface area contributed by atoms with E-state index in [-0.39, 0.29) is 11.8 Å². The Morgan fingerprint density at radius 2 is 1.92 bits per heavy atom. The quantitative estimate of drug-likeness (QED) is 0.759. The van der Waals surface area contributed by atoms with Crippen LogP contribution < -0.4 is 5.32 Å². The molecule has 1 aromatic rings. The highest BCUT2D eigenvalue weighted by molar-refractivity contribution is 9.10. The molecule has 0 spiro atoms. The fraction of sp³-hybridized carbons (Fsp3) is 0.800. The molecule has 5 heteroatoms. The third kappa shape index (κ3) is 3.41. The maximum Gasteiger partial charge on any atom is 0.224 e. The number of aromatic nitrogens is 2. The van der Waals surface area contributed by atoms with Gasteiger partial charge in [0.25, 0.3) is 0 Å². The van der Waals surface area contributed by atoms with Crippen LogP contribution in [0, 0.1) is 29.1 Å². The lowest BCUT2D eigenvalue weighted by atomic mass is 9.47. The Kier molecular flexibility index (Phi) is 4.72. The number of rotatable bonds is 6. The first-order valence-electron chi connectivity index (χ1n) is 9.95. The SMILES string of the molecule is CCC(NC(=O)C(C)Cn1cc(Br)cn1)C12CC3CC(CC(C3)C1)C2. The zero-order valence-corrected chi connectivity index (χ0v) is 17.0. The summed E-state index contributed by atoms with van der Waals surface area (Å²) in [4.78, 5) is 12.9. The molecule has 1 aromatic heterocycles. The summed E-state index contributed by atoms with van der Waals surface area (Å²) in [6.07, 6.45) is 13.2. The molecule has 4 aliphatic rings. The maximum absolute atomic E-state index is 12.9. The highest BCUT2D eigenvalue weighted by Crippen LogP contribution is 2.61. The molecule has 4 saturated carbocycles. The van der Waals surface area contributed by atoms with Gasteiger partial charge in [-0.05, 0) is 84.0 Å². The molecule has 1 N–H and O–H groups in total. The van der Waals surface area contributed by atoms with E-state index in [0.29, 0.717) is 18.0 Å². The zero-order valence-electron chi connectivity index (χ0n) is 15.4. The van der Waals surface area contributed by atoms with E-state index >= 15 is 0 Å². The summed E-state index contributed by atoms with van der Waals surface area (Å²) in [5.41, 5.74) is 0.383. The molecule has 138 valence electrons. The van der Waals surface area contributed by atoms with Crippen LogP contribution in [0.2, 0.25) is 0 Å². The van der Waals surface area contributed by atoms with Crippen molar-refractivity contribution in [2.24, 2.45) is 29.1 Å². The fourth-order valence-electron chi connectivity index (χ4n) is 6.41. The number of halogens is 1. The van der Waals surface area contributed by atoms with E-state index in [1.165, 1.54) is 38.5 Å². The van der Waals surface area contributed by atoms with Crippen molar-refractivity contribution < 1.29 is 4.79 Å². The molecule has 4 fully saturated rings. The van der Waals surface area contributed by atoms with Crippen molar-refractivity contribution in [1.29, 1.82) is 0 Å². The van der Waals surface area contributed by atoms with Gasteiger partial charge in [0.15, 0.2) is 0 Å². The summed E-state index contributed by atoms with van der Waals surface area (Å²) in [5.74, 6) is 2.91. The van der Waals surface area contributed by atoms with Crippen LogP contribution in [0.4, 0.5) is 0 Å². The Hall–Kier alpha value is -0.840. The molecule has 1 amide bonds. The van der Waals surface area contributed by atoms with Crippen molar-refractivity contribution >= 4 is 21.8 Å². The number of carbonyl (C=O) groups is 1. The van der Waals surface area contributed by atoms with Crippen molar-refractivity contribution in [3.05, 3.63) is 16.9 Å². The summed E-state index contributed by atoms with van der Waals surface area (Å²) in [7, 11) is 0. The molecule has 0 saturated heterocycles. The molecule has 0 aromatic carbocycles. The van der Waals surface area contributed by atoms with Gasteiger partial charge in [-0.2, -0.15) is 5.10 Å². The van der Waals surface area contributed by atoms with E-state index in [0.717, 1.165) is 28.6 Å². The monoisotopic (exact) mass is 407 g/mol. The van der Waals surface area contributed by atoms with Crippen molar-refractivity contribution in [2.45, 2.75) is 71.4 Å². The average Bonchev–Trinajstić information content (AvgIpc) is 2.95. The second-order valence-corrected chi connectivity index (χ2v) is 9.95. The highest BCUT2D eigenvalue weighted by Gasteiger charge is 2.54. The molecule has 2 atom stereocenters. The van der Waals surface area contributed by atoms with E-state index in [1.54, 1.807) is 6.20 Å². The number of nitrogens with zero attached hydrogens (tertiary/aromatic N) is 2. The van der Waals surface area contributed by atoms with Crippen molar-refractivity contribution in [3.63, 3.8) is 0 Å². The van der Waals surface area contributed by atoms with Crippen molar-refractivity contribution in [1.82, 2.24) is 15.1 Å². The van der Waals surface area contributed by atoms with Gasteiger partial charge in [0.1, 0.15) is 0 Å². The largest absolute Gasteiger partial charge is 0.353 e. The van der Waals surface area contributed by atoms with E-state index in [2.05, 4.69) is 33.3 Å². The lowest BCUT2D eigenvalue weighted by Gasteiger charge is -2.59. The summed E-state index contributed by atoms with van der Waals surface area (Å²) >= 11 is 3.42. The number of carbonyl (C=O) groups excluding carboxylic acids is 1. The molecule has 1 heterocycles. The van der Waals surface area contributed by atoms with Crippen LogP contribution in [0.5, 0.6) is 0 Å². The Balaban J connectivity index is 1.42. The van der Waals surface area contributed by atoms with Gasteiger partial charge in [-0.15, -0.1) is 0 Å². The van der Waals surface area contributed by atoms with E-state index < -0.39 is 0 Å². The maximum atomic E-state index is 12.9. The molecule has 4 bridgehead atoms. The fourth-order valence-corrected chi connectivity index (χ4v) is 6.74. The molecular weight excluding hydrogens is 378 g/mol. The van der Waals surface area contributed by atoms with Gasteiger partial charge in [-0.1, -0.05) is 13.8 Å². The van der Waals surface area contributed by atoms with Crippen LogP contribution in [0.3, 0.4) is 0 Å². The lowest BCUT2D eigenvalue weighted by molar-refractivity contribution is -0.130. The van der Waals surface area contributed by atoms with Crippen LogP contribution in [0.15, 0.2) is 16.9 Å². The third-order valence-corrected chi connectivity index (χ3v) is 7.47. The number of hydrogen-bond acceptors (Lipinski definition) is 2. The van der Waals surface area contributed by atoms with Crippen LogP contribution in [0.25, 0.3) is 0 Å². The lowest BCUT2D eigenvalue weighted by Crippen LogP contribution is -2.57. The van der Waals surface area contributed by atoms with Crippen LogP contribution in [-0.4, -0.2) is 21.7 Å². The number of amides is 1. The van der Waals surface area contributed by atoms with Gasteiger partial charge < -0.3 is 5.32 Å². The Bertz CT molecular complexity index is 605. The van der Waals surface area contributed by atoms with E-state index in [9.17, 15) is 4.79 Å². The summed E-state index contributed by atoms with van der Waals surface area (Å²) in [6, 6.07) is 0.347. The van der Waals surface area contributed by atoms with E-state index in [1.807, 2.05) is 17.8 Å². The smallest absolute Gasteiger partial charge is 0.224 e. The van der Waals surface area contributed by atoms with Crippen LogP contribution in [0.1, 0.15) is 58.8 Å². The first-order chi connectivity index (χ1) is 12.0. The predicted molar refractivity (Wildman–Crippen MR) is 102 cm³/mol. The van der Waals surface area contributed by atoms with Gasteiger partial charge in [0.2, 0.25) is 5.91 Å². The predicted octanol–water partition coefficient (Wildman–Crippen LogP) is 4.39. The summed E-state index contributed by atoms with van der Waals surface area (Å²) in [6.45, 7) is 4.89. The van der Waals surface area contributed by atoms with Crippen LogP contribution in [-0.2, 0) is 11.3 Å². The second-order valence-electron chi connectivity index (χ2n) is 9.03. The normalized spacial score (nSPS) is 35.6.